The van der Waals surface area contributed by atoms with Crippen molar-refractivity contribution in [2.45, 2.75) is 0 Å². The molecule has 0 radical (unpaired) electrons. The van der Waals surface area contributed by atoms with Gasteiger partial charge < -0.3 is 18.0 Å². The van der Waals surface area contributed by atoms with E-state index in [0.717, 1.165) is 87.5 Å². The van der Waals surface area contributed by atoms with Gasteiger partial charge in [0, 0.05) is 32.3 Å². The average molecular weight is 639 g/mol. The van der Waals surface area contributed by atoms with Gasteiger partial charge in [-0.25, -0.2) is 4.85 Å². The summed E-state index contributed by atoms with van der Waals surface area (Å²) >= 11 is 0. The number of rotatable bonds is 2. The molecular formula is C44H22N4O2. The van der Waals surface area contributed by atoms with Crippen LogP contribution in [0.2, 0.25) is 0 Å². The Morgan fingerprint density at radius 2 is 0.940 bits per heavy atom. The first-order valence-corrected chi connectivity index (χ1v) is 16.4. The fourth-order valence-electron chi connectivity index (χ4n) is 8.11. The smallest absolute Gasteiger partial charge is 0.234 e. The lowest BCUT2D eigenvalue weighted by Gasteiger charge is -2.16. The van der Waals surface area contributed by atoms with Crippen molar-refractivity contribution in [1.82, 2.24) is 9.13 Å². The van der Waals surface area contributed by atoms with Gasteiger partial charge in [0.2, 0.25) is 5.69 Å². The van der Waals surface area contributed by atoms with Crippen LogP contribution < -0.4 is 0 Å². The number of furan rings is 2. The molecule has 4 heterocycles. The minimum absolute atomic E-state index is 0.434. The van der Waals surface area contributed by atoms with Crippen LogP contribution in [0.5, 0.6) is 0 Å². The Bertz CT molecular complexity index is 3150. The maximum absolute atomic E-state index is 10.5. The molecule has 0 bridgehead atoms. The number of aromatic nitrogens is 2. The van der Waals surface area contributed by atoms with Crippen LogP contribution in [0, 0.1) is 17.9 Å². The Morgan fingerprint density at radius 3 is 1.40 bits per heavy atom. The van der Waals surface area contributed by atoms with Crippen LogP contribution in [-0.4, -0.2) is 9.13 Å². The monoisotopic (exact) mass is 638 g/mol. The van der Waals surface area contributed by atoms with Gasteiger partial charge in [-0.15, -0.1) is 0 Å². The van der Waals surface area contributed by atoms with E-state index in [0.29, 0.717) is 22.6 Å². The Kier molecular flexibility index (Phi) is 5.16. The second-order valence-corrected chi connectivity index (χ2v) is 12.7. The van der Waals surface area contributed by atoms with Crippen molar-refractivity contribution in [2.75, 3.05) is 0 Å². The van der Waals surface area contributed by atoms with Gasteiger partial charge in [-0.1, -0.05) is 72.8 Å². The number of fused-ring (bicyclic) bond motifs is 14. The normalized spacial score (nSPS) is 12.0. The second-order valence-electron chi connectivity index (χ2n) is 12.7. The molecule has 0 aliphatic heterocycles. The maximum atomic E-state index is 10.5. The van der Waals surface area contributed by atoms with Gasteiger partial charge in [-0.3, -0.25) is 0 Å². The van der Waals surface area contributed by atoms with Crippen LogP contribution in [0.4, 0.5) is 5.69 Å². The van der Waals surface area contributed by atoms with E-state index < -0.39 is 0 Å². The van der Waals surface area contributed by atoms with Crippen molar-refractivity contribution in [3.63, 3.8) is 0 Å². The van der Waals surface area contributed by atoms with E-state index in [1.54, 1.807) is 0 Å². The van der Waals surface area contributed by atoms with Crippen LogP contribution in [0.25, 0.3) is 104 Å². The molecule has 0 saturated heterocycles. The van der Waals surface area contributed by atoms with E-state index in [1.165, 1.54) is 0 Å². The molecule has 230 valence electrons. The number of para-hydroxylation sites is 4. The first-order valence-electron chi connectivity index (χ1n) is 16.4. The summed E-state index contributed by atoms with van der Waals surface area (Å²) < 4.78 is 17.3. The van der Waals surface area contributed by atoms with Crippen molar-refractivity contribution in [1.29, 1.82) is 5.26 Å². The number of benzene rings is 7. The topological polar surface area (TPSA) is 64.3 Å². The molecule has 0 fully saturated rings. The Balaban J connectivity index is 1.28. The predicted octanol–water partition coefficient (Wildman–Crippen LogP) is 12.1. The summed E-state index contributed by atoms with van der Waals surface area (Å²) in [5.41, 5.74) is 9.05. The largest absolute Gasteiger partial charge is 0.455 e. The molecule has 4 aromatic heterocycles. The van der Waals surface area contributed by atoms with Crippen LogP contribution in [0.3, 0.4) is 0 Å². The lowest BCUT2D eigenvalue weighted by atomic mass is 10.1. The van der Waals surface area contributed by atoms with E-state index in [1.807, 2.05) is 72.8 Å². The van der Waals surface area contributed by atoms with E-state index >= 15 is 0 Å². The van der Waals surface area contributed by atoms with Crippen LogP contribution >= 0.6 is 0 Å². The van der Waals surface area contributed by atoms with Gasteiger partial charge in [0.05, 0.1) is 62.4 Å². The minimum Gasteiger partial charge on any atom is -0.455 e. The van der Waals surface area contributed by atoms with E-state index in [-0.39, 0.29) is 0 Å². The second kappa shape index (κ2) is 9.64. The number of hydrogen-bond donors (Lipinski definition) is 0. The molecule has 0 saturated carbocycles. The van der Waals surface area contributed by atoms with Gasteiger partial charge in [0.15, 0.2) is 0 Å². The molecule has 11 aromatic rings. The molecule has 0 atom stereocenters. The van der Waals surface area contributed by atoms with Gasteiger partial charge in [-0.2, -0.15) is 5.26 Å². The molecule has 50 heavy (non-hydrogen) atoms. The molecule has 7 aromatic carbocycles. The maximum Gasteiger partial charge on any atom is 0.234 e. The van der Waals surface area contributed by atoms with Gasteiger partial charge in [0.1, 0.15) is 22.3 Å². The summed E-state index contributed by atoms with van der Waals surface area (Å²) in [7, 11) is 0. The third-order valence-corrected chi connectivity index (χ3v) is 10.2. The minimum atomic E-state index is 0.434. The third kappa shape index (κ3) is 3.34. The summed E-state index contributed by atoms with van der Waals surface area (Å²) in [6.45, 7) is 8.68. The van der Waals surface area contributed by atoms with Crippen LogP contribution in [-0.2, 0) is 0 Å². The molecule has 0 aliphatic rings. The summed E-state index contributed by atoms with van der Waals surface area (Å²) in [5.74, 6) is 0. The zero-order chi connectivity index (χ0) is 33.1. The van der Waals surface area contributed by atoms with Crippen LogP contribution in [0.1, 0.15) is 5.56 Å². The van der Waals surface area contributed by atoms with Crippen molar-refractivity contribution in [3.8, 4) is 17.4 Å². The highest BCUT2D eigenvalue weighted by molar-refractivity contribution is 6.25. The van der Waals surface area contributed by atoms with Crippen molar-refractivity contribution >= 4 is 93.2 Å². The standard InChI is InChI=1S/C44H22N4O2/c1-46-42-36(47-32-14-6-2-12-30(32)40-34(47)20-18-28-26-10-4-8-16-38(26)49-43(28)40)22-25(24-45)23-37(42)48-33-15-7-3-13-31(33)41-35(48)21-19-29-27-11-5-9-17-39(27)50-44(29)41/h2-23H. The fourth-order valence-corrected chi connectivity index (χ4v) is 8.11. The average Bonchev–Trinajstić information content (AvgIpc) is 3.91. The molecule has 0 aliphatic carbocycles. The molecule has 11 rings (SSSR count). The molecule has 0 N–H and O–H groups in total. The Morgan fingerprint density at radius 1 is 0.500 bits per heavy atom. The Hall–Kier alpha value is -7.28. The van der Waals surface area contributed by atoms with Gasteiger partial charge in [-0.05, 0) is 60.7 Å². The lowest BCUT2D eigenvalue weighted by Crippen LogP contribution is -2.01. The third-order valence-electron chi connectivity index (χ3n) is 10.2. The highest BCUT2D eigenvalue weighted by Crippen LogP contribution is 2.46. The molecule has 6 nitrogen and oxygen atoms in total. The van der Waals surface area contributed by atoms with Crippen LogP contribution in [0.15, 0.2) is 142 Å². The van der Waals surface area contributed by atoms with Gasteiger partial charge in [0.25, 0.3) is 0 Å². The lowest BCUT2D eigenvalue weighted by molar-refractivity contribution is 0.672. The summed E-state index contributed by atoms with van der Waals surface area (Å²) in [6.07, 6.45) is 0. The fraction of sp³-hybridized carbons (Fsp3) is 0. The van der Waals surface area contributed by atoms with Gasteiger partial charge >= 0.3 is 0 Å². The zero-order valence-electron chi connectivity index (χ0n) is 26.3. The number of nitriles is 1. The van der Waals surface area contributed by atoms with Crippen molar-refractivity contribution in [3.05, 3.63) is 150 Å². The summed E-state index contributed by atoms with van der Waals surface area (Å²) in [5, 5.41) is 18.6. The van der Waals surface area contributed by atoms with E-state index in [4.69, 9.17) is 15.4 Å². The first-order chi connectivity index (χ1) is 24.7. The predicted molar refractivity (Wildman–Crippen MR) is 201 cm³/mol. The number of nitrogens with zero attached hydrogens (tertiary/aromatic N) is 4. The highest BCUT2D eigenvalue weighted by Gasteiger charge is 2.25. The molecule has 0 unspecified atom stereocenters. The van der Waals surface area contributed by atoms with E-state index in [9.17, 15) is 5.26 Å². The summed E-state index contributed by atoms with van der Waals surface area (Å²) in [4.78, 5) is 4.23. The quantitative estimate of drug-likeness (QED) is 0.177. The molecule has 0 spiro atoms. The number of hydrogen-bond acceptors (Lipinski definition) is 3. The first kappa shape index (κ1) is 26.8. The molecular weight excluding hydrogens is 617 g/mol. The molecule has 6 heteroatoms. The Labute approximate surface area is 283 Å². The highest BCUT2D eigenvalue weighted by atomic mass is 16.3. The van der Waals surface area contributed by atoms with Crippen molar-refractivity contribution < 1.29 is 8.83 Å². The van der Waals surface area contributed by atoms with E-state index in [2.05, 4.69) is 80.7 Å². The zero-order valence-corrected chi connectivity index (χ0v) is 26.3. The summed E-state index contributed by atoms with van der Waals surface area (Å²) in [6, 6.07) is 47.0. The van der Waals surface area contributed by atoms with Crippen molar-refractivity contribution in [2.24, 2.45) is 0 Å². The SMILES string of the molecule is [C-]#[N+]c1c(-n2c3ccccc3c3c4oc5ccccc5c4ccc32)cc(C#N)cc1-n1c2ccccc2c2c3oc4ccccc4c3ccc21. The molecule has 0 amide bonds.